The van der Waals surface area contributed by atoms with E-state index in [2.05, 4.69) is 5.10 Å². The lowest BCUT2D eigenvalue weighted by Crippen LogP contribution is -2.33. The quantitative estimate of drug-likeness (QED) is 0.603. The molecule has 1 aliphatic heterocycles. The first-order chi connectivity index (χ1) is 7.75. The fraction of sp³-hybridized carbons (Fsp3) is 0.417. The van der Waals surface area contributed by atoms with Crippen LogP contribution in [0.3, 0.4) is 0 Å². The first-order valence-corrected chi connectivity index (χ1v) is 5.49. The molecule has 0 amide bonds. The Morgan fingerprint density at radius 3 is 2.81 bits per heavy atom. The number of hydrogen-bond donors (Lipinski definition) is 1. The summed E-state index contributed by atoms with van der Waals surface area (Å²) < 4.78 is 5.28. The lowest BCUT2D eigenvalue weighted by molar-refractivity contribution is 0.0393. The average Bonchev–Trinajstić information content (AvgIpc) is 2.30. The number of benzene rings is 1. The van der Waals surface area contributed by atoms with Gasteiger partial charge in [-0.3, -0.25) is 5.01 Å². The molecule has 4 heteroatoms. The van der Waals surface area contributed by atoms with Gasteiger partial charge in [-0.05, 0) is 24.6 Å². The van der Waals surface area contributed by atoms with E-state index in [0.29, 0.717) is 0 Å². The number of hydrazone groups is 1. The van der Waals surface area contributed by atoms with Gasteiger partial charge in [0.2, 0.25) is 0 Å². The van der Waals surface area contributed by atoms with E-state index >= 15 is 0 Å². The molecular formula is C12H17N3O. The van der Waals surface area contributed by atoms with Crippen molar-refractivity contribution >= 4 is 11.4 Å². The molecule has 2 rings (SSSR count). The highest BCUT2D eigenvalue weighted by Crippen LogP contribution is 2.09. The first kappa shape index (κ1) is 11.0. The predicted molar refractivity (Wildman–Crippen MR) is 65.5 cm³/mol. The highest BCUT2D eigenvalue weighted by atomic mass is 16.5. The van der Waals surface area contributed by atoms with Gasteiger partial charge in [-0.25, -0.2) is 0 Å². The molecule has 4 nitrogen and oxygen atoms in total. The second-order valence-electron chi connectivity index (χ2n) is 3.88. The van der Waals surface area contributed by atoms with E-state index in [9.17, 15) is 0 Å². The topological polar surface area (TPSA) is 50.8 Å². The minimum absolute atomic E-state index is 0.758. The number of rotatable bonds is 2. The highest BCUT2D eigenvalue weighted by Gasteiger charge is 2.08. The van der Waals surface area contributed by atoms with Crippen molar-refractivity contribution in [1.82, 2.24) is 5.01 Å². The van der Waals surface area contributed by atoms with Gasteiger partial charge in [0.15, 0.2) is 0 Å². The van der Waals surface area contributed by atoms with Crippen LogP contribution in [0.25, 0.3) is 0 Å². The van der Waals surface area contributed by atoms with Crippen molar-refractivity contribution < 1.29 is 4.74 Å². The molecule has 0 unspecified atom stereocenters. The van der Waals surface area contributed by atoms with E-state index in [1.807, 2.05) is 36.2 Å². The van der Waals surface area contributed by atoms with E-state index in [4.69, 9.17) is 10.5 Å². The molecule has 86 valence electrons. The van der Waals surface area contributed by atoms with Crippen molar-refractivity contribution in [2.24, 2.45) is 5.10 Å². The molecule has 1 aromatic carbocycles. The van der Waals surface area contributed by atoms with Crippen molar-refractivity contribution in [2.45, 2.75) is 6.92 Å². The first-order valence-electron chi connectivity index (χ1n) is 5.49. The van der Waals surface area contributed by atoms with Crippen molar-refractivity contribution in [3.05, 3.63) is 29.8 Å². The maximum absolute atomic E-state index is 5.74. The number of nitrogens with zero attached hydrogens (tertiary/aromatic N) is 2. The highest BCUT2D eigenvalue weighted by molar-refractivity contribution is 5.99. The normalized spacial score (nSPS) is 17.6. The average molecular weight is 219 g/mol. The van der Waals surface area contributed by atoms with Gasteiger partial charge >= 0.3 is 0 Å². The summed E-state index contributed by atoms with van der Waals surface area (Å²) >= 11 is 0. The van der Waals surface area contributed by atoms with Crippen LogP contribution in [-0.2, 0) is 4.74 Å². The molecule has 1 aliphatic rings. The Hall–Kier alpha value is -1.55. The van der Waals surface area contributed by atoms with Gasteiger partial charge in [-0.2, -0.15) is 5.10 Å². The van der Waals surface area contributed by atoms with E-state index < -0.39 is 0 Å². The van der Waals surface area contributed by atoms with Crippen molar-refractivity contribution in [2.75, 3.05) is 32.0 Å². The lowest BCUT2D eigenvalue weighted by Gasteiger charge is -2.24. The van der Waals surface area contributed by atoms with Crippen LogP contribution in [0.4, 0.5) is 5.69 Å². The molecule has 0 aliphatic carbocycles. The third-order valence-corrected chi connectivity index (χ3v) is 2.58. The molecule has 2 N–H and O–H groups in total. The molecule has 0 radical (unpaired) electrons. The predicted octanol–water partition coefficient (Wildman–Crippen LogP) is 1.33. The molecule has 0 atom stereocenters. The monoisotopic (exact) mass is 219 g/mol. The largest absolute Gasteiger partial charge is 0.399 e. The third kappa shape index (κ3) is 2.73. The molecule has 0 spiro atoms. The Bertz CT molecular complexity index is 384. The summed E-state index contributed by atoms with van der Waals surface area (Å²) in [5.41, 5.74) is 8.58. The van der Waals surface area contributed by atoms with Crippen LogP contribution in [0, 0.1) is 0 Å². The van der Waals surface area contributed by atoms with Crippen LogP contribution in [0.5, 0.6) is 0 Å². The second-order valence-corrected chi connectivity index (χ2v) is 3.88. The number of nitrogen functional groups attached to an aromatic ring is 1. The van der Waals surface area contributed by atoms with Gasteiger partial charge in [0.25, 0.3) is 0 Å². The fourth-order valence-corrected chi connectivity index (χ4v) is 1.69. The van der Waals surface area contributed by atoms with Crippen molar-refractivity contribution in [1.29, 1.82) is 0 Å². The van der Waals surface area contributed by atoms with Crippen LogP contribution in [0.1, 0.15) is 12.5 Å². The summed E-state index contributed by atoms with van der Waals surface area (Å²) in [5, 5.41) is 6.61. The zero-order valence-electron chi connectivity index (χ0n) is 9.52. The molecule has 0 saturated carbocycles. The van der Waals surface area contributed by atoms with Gasteiger partial charge < -0.3 is 10.5 Å². The molecule has 16 heavy (non-hydrogen) atoms. The Kier molecular flexibility index (Phi) is 3.41. The van der Waals surface area contributed by atoms with Crippen LogP contribution in [0.15, 0.2) is 29.4 Å². The molecule has 0 aromatic heterocycles. The summed E-state index contributed by atoms with van der Waals surface area (Å²) in [4.78, 5) is 0. The van der Waals surface area contributed by atoms with Crippen LogP contribution in [-0.4, -0.2) is 37.0 Å². The second kappa shape index (κ2) is 4.99. The number of ether oxygens (including phenoxy) is 1. The summed E-state index contributed by atoms with van der Waals surface area (Å²) in [7, 11) is 0. The molecule has 0 bridgehead atoms. The fourth-order valence-electron chi connectivity index (χ4n) is 1.69. The Morgan fingerprint density at radius 2 is 2.12 bits per heavy atom. The van der Waals surface area contributed by atoms with Gasteiger partial charge in [0.1, 0.15) is 0 Å². The molecular weight excluding hydrogens is 202 g/mol. The number of morpholine rings is 1. The number of nitrogens with two attached hydrogens (primary N) is 1. The molecule has 1 saturated heterocycles. The smallest absolute Gasteiger partial charge is 0.0659 e. The van der Waals surface area contributed by atoms with Crippen LogP contribution in [0.2, 0.25) is 0 Å². The van der Waals surface area contributed by atoms with Gasteiger partial charge in [0, 0.05) is 5.69 Å². The van der Waals surface area contributed by atoms with Crippen LogP contribution < -0.4 is 5.73 Å². The summed E-state index contributed by atoms with van der Waals surface area (Å²) in [5.74, 6) is 0. The zero-order chi connectivity index (χ0) is 11.4. The van der Waals surface area contributed by atoms with Gasteiger partial charge in [0.05, 0.1) is 32.0 Å². The van der Waals surface area contributed by atoms with Crippen LogP contribution >= 0.6 is 0 Å². The maximum Gasteiger partial charge on any atom is 0.0659 e. The van der Waals surface area contributed by atoms with E-state index in [1.165, 1.54) is 0 Å². The minimum atomic E-state index is 0.758. The number of hydrogen-bond acceptors (Lipinski definition) is 4. The minimum Gasteiger partial charge on any atom is -0.399 e. The number of anilines is 1. The van der Waals surface area contributed by atoms with E-state index in [1.54, 1.807) is 0 Å². The summed E-state index contributed by atoms with van der Waals surface area (Å²) in [6, 6.07) is 7.80. The molecule has 1 fully saturated rings. The summed E-state index contributed by atoms with van der Waals surface area (Å²) in [6.45, 7) is 5.24. The Labute approximate surface area is 95.7 Å². The van der Waals surface area contributed by atoms with E-state index in [0.717, 1.165) is 43.3 Å². The molecule has 1 heterocycles. The van der Waals surface area contributed by atoms with Gasteiger partial charge in [-0.15, -0.1) is 0 Å². The SMILES string of the molecule is C/C(=N/N1CCOCC1)c1cccc(N)c1. The Morgan fingerprint density at radius 1 is 1.38 bits per heavy atom. The van der Waals surface area contributed by atoms with Gasteiger partial charge in [-0.1, -0.05) is 12.1 Å². The van der Waals surface area contributed by atoms with E-state index in [-0.39, 0.29) is 0 Å². The lowest BCUT2D eigenvalue weighted by atomic mass is 10.1. The Balaban J connectivity index is 2.10. The molecule has 1 aromatic rings. The van der Waals surface area contributed by atoms with Crippen molar-refractivity contribution in [3.63, 3.8) is 0 Å². The zero-order valence-corrected chi connectivity index (χ0v) is 9.52. The standard InChI is InChI=1S/C12H17N3O/c1-10(11-3-2-4-12(13)9-11)14-15-5-7-16-8-6-15/h2-4,9H,5-8,13H2,1H3/b14-10-. The van der Waals surface area contributed by atoms with Crippen molar-refractivity contribution in [3.8, 4) is 0 Å². The maximum atomic E-state index is 5.74. The summed E-state index contributed by atoms with van der Waals surface area (Å²) in [6.07, 6.45) is 0. The third-order valence-electron chi connectivity index (χ3n) is 2.58.